The molecule has 0 aromatic carbocycles. The first-order chi connectivity index (χ1) is 6.37. The van der Waals surface area contributed by atoms with Crippen LogP contribution in [-0.4, -0.2) is 18.8 Å². The van der Waals surface area contributed by atoms with Crippen LogP contribution < -0.4 is 0 Å². The maximum Gasteiger partial charge on any atom is 0.422 e. The van der Waals surface area contributed by atoms with Crippen molar-refractivity contribution in [3.05, 3.63) is 12.2 Å². The number of rotatable bonds is 5. The molecular formula is C9H13F3O2. The second kappa shape index (κ2) is 5.67. The lowest BCUT2D eigenvalue weighted by Gasteiger charge is -2.08. The van der Waals surface area contributed by atoms with Crippen LogP contribution in [0.1, 0.15) is 26.2 Å². The van der Waals surface area contributed by atoms with Crippen molar-refractivity contribution < 1.29 is 22.7 Å². The summed E-state index contributed by atoms with van der Waals surface area (Å²) in [5.74, 6) is -0.962. The van der Waals surface area contributed by atoms with Gasteiger partial charge in [0.25, 0.3) is 0 Å². The largest absolute Gasteiger partial charge is 0.453 e. The number of carbonyl (C=O) groups is 1. The highest BCUT2D eigenvalue weighted by molar-refractivity contribution is 5.87. The van der Waals surface area contributed by atoms with Gasteiger partial charge >= 0.3 is 12.1 Å². The average molecular weight is 210 g/mol. The molecule has 0 aromatic rings. The minimum atomic E-state index is -4.47. The molecule has 82 valence electrons. The van der Waals surface area contributed by atoms with E-state index in [1.165, 1.54) is 0 Å². The predicted octanol–water partition coefficient (Wildman–Crippen LogP) is 2.84. The molecule has 0 aliphatic carbocycles. The van der Waals surface area contributed by atoms with Crippen LogP contribution in [0.25, 0.3) is 0 Å². The zero-order valence-corrected chi connectivity index (χ0v) is 7.99. The van der Waals surface area contributed by atoms with E-state index in [2.05, 4.69) is 11.3 Å². The molecule has 0 aliphatic rings. The van der Waals surface area contributed by atoms with E-state index in [9.17, 15) is 18.0 Å². The molecule has 0 aromatic heterocycles. The van der Waals surface area contributed by atoms with E-state index in [1.807, 2.05) is 6.92 Å². The van der Waals surface area contributed by atoms with Crippen molar-refractivity contribution in [3.63, 3.8) is 0 Å². The maximum absolute atomic E-state index is 11.6. The number of esters is 1. The number of ether oxygens (including phenoxy) is 1. The van der Waals surface area contributed by atoms with Gasteiger partial charge in [0.1, 0.15) is 0 Å². The van der Waals surface area contributed by atoms with Crippen molar-refractivity contribution >= 4 is 5.97 Å². The molecule has 0 amide bonds. The minimum Gasteiger partial charge on any atom is -0.453 e. The third-order valence-electron chi connectivity index (χ3n) is 1.49. The molecule has 0 N–H and O–H groups in total. The van der Waals surface area contributed by atoms with Crippen molar-refractivity contribution in [2.75, 3.05) is 6.61 Å². The standard InChI is InChI=1S/C9H13F3O2/c1-3-4-5-7(2)8(13)14-6-9(10,11)12/h2-6H2,1H3. The number of hydrogen-bond acceptors (Lipinski definition) is 2. The van der Waals surface area contributed by atoms with Gasteiger partial charge in [-0.3, -0.25) is 0 Å². The molecule has 0 aliphatic heterocycles. The number of alkyl halides is 3. The van der Waals surface area contributed by atoms with Crippen LogP contribution in [0.5, 0.6) is 0 Å². The maximum atomic E-state index is 11.6. The Kier molecular flexibility index (Phi) is 5.27. The lowest BCUT2D eigenvalue weighted by atomic mass is 10.1. The fourth-order valence-corrected chi connectivity index (χ4v) is 0.742. The van der Waals surface area contributed by atoms with Gasteiger partial charge in [-0.1, -0.05) is 19.9 Å². The Morgan fingerprint density at radius 1 is 1.43 bits per heavy atom. The lowest BCUT2D eigenvalue weighted by Crippen LogP contribution is -2.21. The molecule has 0 heterocycles. The zero-order chi connectivity index (χ0) is 11.2. The molecule has 0 spiro atoms. The molecule has 0 rings (SSSR count). The summed E-state index contributed by atoms with van der Waals surface area (Å²) in [6, 6.07) is 0. The molecule has 14 heavy (non-hydrogen) atoms. The molecule has 0 unspecified atom stereocenters. The van der Waals surface area contributed by atoms with E-state index in [4.69, 9.17) is 0 Å². The van der Waals surface area contributed by atoms with Gasteiger partial charge in [0.05, 0.1) is 0 Å². The Bertz CT molecular complexity index is 209. The van der Waals surface area contributed by atoms with E-state index < -0.39 is 18.8 Å². The second-order valence-electron chi connectivity index (χ2n) is 2.90. The molecule has 0 radical (unpaired) electrons. The lowest BCUT2D eigenvalue weighted by molar-refractivity contribution is -0.183. The van der Waals surface area contributed by atoms with Gasteiger partial charge in [-0.05, 0) is 12.8 Å². The van der Waals surface area contributed by atoms with Gasteiger partial charge in [0.2, 0.25) is 0 Å². The first kappa shape index (κ1) is 13.0. The van der Waals surface area contributed by atoms with Crippen LogP contribution >= 0.6 is 0 Å². The van der Waals surface area contributed by atoms with Crippen molar-refractivity contribution in [1.29, 1.82) is 0 Å². The first-order valence-electron chi connectivity index (χ1n) is 4.28. The van der Waals surface area contributed by atoms with Gasteiger partial charge in [0.15, 0.2) is 6.61 Å². The fraction of sp³-hybridized carbons (Fsp3) is 0.667. The summed E-state index contributed by atoms with van der Waals surface area (Å²) in [6.07, 6.45) is -2.51. The molecule has 5 heteroatoms. The van der Waals surface area contributed by atoms with Crippen LogP contribution in [0, 0.1) is 0 Å². The number of halogens is 3. The van der Waals surface area contributed by atoms with Crippen LogP contribution in [0.4, 0.5) is 13.2 Å². The molecule has 0 atom stereocenters. The monoisotopic (exact) mass is 210 g/mol. The van der Waals surface area contributed by atoms with Crippen LogP contribution in [-0.2, 0) is 9.53 Å². The van der Waals surface area contributed by atoms with Gasteiger partial charge in [-0.15, -0.1) is 0 Å². The van der Waals surface area contributed by atoms with Crippen molar-refractivity contribution in [2.24, 2.45) is 0 Å². The Labute approximate surface area is 80.7 Å². The van der Waals surface area contributed by atoms with Gasteiger partial charge in [0, 0.05) is 5.57 Å². The summed E-state index contributed by atoms with van der Waals surface area (Å²) in [5.41, 5.74) is 0.0936. The minimum absolute atomic E-state index is 0.0936. The fourth-order valence-electron chi connectivity index (χ4n) is 0.742. The molecule has 0 saturated heterocycles. The molecule has 2 nitrogen and oxygen atoms in total. The SMILES string of the molecule is C=C(CCCC)C(=O)OCC(F)(F)F. The number of unbranched alkanes of at least 4 members (excludes halogenated alkanes) is 1. The first-order valence-corrected chi connectivity index (χ1v) is 4.28. The van der Waals surface area contributed by atoms with Crippen LogP contribution in [0.3, 0.4) is 0 Å². The average Bonchev–Trinajstić information content (AvgIpc) is 2.09. The molecule has 0 bridgehead atoms. The predicted molar refractivity (Wildman–Crippen MR) is 45.7 cm³/mol. The highest BCUT2D eigenvalue weighted by Gasteiger charge is 2.29. The van der Waals surface area contributed by atoms with Gasteiger partial charge in [-0.25, -0.2) is 4.79 Å². The number of hydrogen-bond donors (Lipinski definition) is 0. The molecule has 0 saturated carbocycles. The Morgan fingerprint density at radius 2 is 2.00 bits per heavy atom. The highest BCUT2D eigenvalue weighted by atomic mass is 19.4. The normalized spacial score (nSPS) is 11.1. The second-order valence-corrected chi connectivity index (χ2v) is 2.90. The van der Waals surface area contributed by atoms with E-state index in [0.29, 0.717) is 6.42 Å². The summed E-state index contributed by atoms with van der Waals surface area (Å²) in [7, 11) is 0. The zero-order valence-electron chi connectivity index (χ0n) is 7.99. The number of carbonyl (C=O) groups excluding carboxylic acids is 1. The third kappa shape index (κ3) is 6.51. The Balaban J connectivity index is 3.79. The summed E-state index contributed by atoms with van der Waals surface area (Å²) >= 11 is 0. The summed E-state index contributed by atoms with van der Waals surface area (Å²) in [5, 5.41) is 0. The Morgan fingerprint density at radius 3 is 2.43 bits per heavy atom. The molecule has 0 fully saturated rings. The van der Waals surface area contributed by atoms with Crippen molar-refractivity contribution in [1.82, 2.24) is 0 Å². The Hall–Kier alpha value is -1.00. The summed E-state index contributed by atoms with van der Waals surface area (Å²) < 4.78 is 38.9. The van der Waals surface area contributed by atoms with Gasteiger partial charge < -0.3 is 4.74 Å². The van der Waals surface area contributed by atoms with E-state index in [0.717, 1.165) is 12.8 Å². The topological polar surface area (TPSA) is 26.3 Å². The smallest absolute Gasteiger partial charge is 0.422 e. The van der Waals surface area contributed by atoms with E-state index in [-0.39, 0.29) is 5.57 Å². The summed E-state index contributed by atoms with van der Waals surface area (Å²) in [6.45, 7) is 3.72. The van der Waals surface area contributed by atoms with E-state index >= 15 is 0 Å². The summed E-state index contributed by atoms with van der Waals surface area (Å²) in [4.78, 5) is 10.9. The molecular weight excluding hydrogens is 197 g/mol. The van der Waals surface area contributed by atoms with Crippen LogP contribution in [0.2, 0.25) is 0 Å². The van der Waals surface area contributed by atoms with Crippen molar-refractivity contribution in [3.8, 4) is 0 Å². The van der Waals surface area contributed by atoms with Gasteiger partial charge in [-0.2, -0.15) is 13.2 Å². The highest BCUT2D eigenvalue weighted by Crippen LogP contribution is 2.16. The third-order valence-corrected chi connectivity index (χ3v) is 1.49. The van der Waals surface area contributed by atoms with E-state index in [1.54, 1.807) is 0 Å². The van der Waals surface area contributed by atoms with Crippen molar-refractivity contribution in [2.45, 2.75) is 32.4 Å². The van der Waals surface area contributed by atoms with Crippen LogP contribution in [0.15, 0.2) is 12.2 Å². The quantitative estimate of drug-likeness (QED) is 0.515.